The summed E-state index contributed by atoms with van der Waals surface area (Å²) in [6.45, 7) is 3.86. The molecule has 120 valence electrons. The third-order valence-electron chi connectivity index (χ3n) is 3.03. The predicted molar refractivity (Wildman–Crippen MR) is 76.5 cm³/mol. The molecule has 0 aliphatic rings. The molecule has 0 amide bonds. The number of halogens is 3. The summed E-state index contributed by atoms with van der Waals surface area (Å²) in [4.78, 5) is 8.15. The van der Waals surface area contributed by atoms with Crippen molar-refractivity contribution in [3.63, 3.8) is 0 Å². The second kappa shape index (κ2) is 6.76. The van der Waals surface area contributed by atoms with Gasteiger partial charge in [-0.3, -0.25) is 5.10 Å². The van der Waals surface area contributed by atoms with Crippen LogP contribution in [0.3, 0.4) is 0 Å². The number of hydrogen-bond acceptors (Lipinski definition) is 4. The van der Waals surface area contributed by atoms with Crippen LogP contribution in [-0.2, 0) is 12.8 Å². The Balaban J connectivity index is 1.91. The van der Waals surface area contributed by atoms with Crippen LogP contribution < -0.4 is 5.32 Å². The predicted octanol–water partition coefficient (Wildman–Crippen LogP) is 3.05. The first-order valence-corrected chi connectivity index (χ1v) is 6.98. The standard InChI is InChI=1S/C14H18F3N5/c1-9(7-12-8-10(2)21-22-12)19-13-18-6-4-11(20-13)3-5-14(15,16)17/h4,6,8-9H,3,5,7H2,1-2H3,(H,21,22)(H,18,19,20). The van der Waals surface area contributed by atoms with Crippen molar-refractivity contribution in [3.05, 3.63) is 35.4 Å². The molecule has 0 saturated heterocycles. The average molecular weight is 313 g/mol. The third kappa shape index (κ3) is 5.34. The van der Waals surface area contributed by atoms with Gasteiger partial charge in [0.05, 0.1) is 5.69 Å². The maximum atomic E-state index is 12.2. The largest absolute Gasteiger partial charge is 0.389 e. The van der Waals surface area contributed by atoms with Crippen molar-refractivity contribution in [2.24, 2.45) is 0 Å². The fourth-order valence-electron chi connectivity index (χ4n) is 2.04. The Morgan fingerprint density at radius 2 is 2.09 bits per heavy atom. The average Bonchev–Trinajstić information content (AvgIpc) is 2.81. The minimum atomic E-state index is -4.18. The zero-order valence-corrected chi connectivity index (χ0v) is 12.4. The zero-order valence-electron chi connectivity index (χ0n) is 12.4. The van der Waals surface area contributed by atoms with Crippen LogP contribution in [0, 0.1) is 6.92 Å². The molecule has 2 heterocycles. The molecule has 22 heavy (non-hydrogen) atoms. The summed E-state index contributed by atoms with van der Waals surface area (Å²) < 4.78 is 36.7. The molecule has 5 nitrogen and oxygen atoms in total. The first-order chi connectivity index (χ1) is 10.3. The molecular formula is C14H18F3N5. The summed E-state index contributed by atoms with van der Waals surface area (Å²) in [7, 11) is 0. The summed E-state index contributed by atoms with van der Waals surface area (Å²) in [5.41, 5.74) is 2.26. The van der Waals surface area contributed by atoms with E-state index < -0.39 is 12.6 Å². The van der Waals surface area contributed by atoms with Crippen LogP contribution in [0.15, 0.2) is 18.3 Å². The van der Waals surface area contributed by atoms with Gasteiger partial charge in [-0.25, -0.2) is 9.97 Å². The van der Waals surface area contributed by atoms with Gasteiger partial charge < -0.3 is 5.32 Å². The van der Waals surface area contributed by atoms with E-state index in [-0.39, 0.29) is 12.5 Å². The summed E-state index contributed by atoms with van der Waals surface area (Å²) in [5.74, 6) is 0.333. The smallest absolute Gasteiger partial charge is 0.351 e. The van der Waals surface area contributed by atoms with Crippen molar-refractivity contribution < 1.29 is 13.2 Å². The second-order valence-electron chi connectivity index (χ2n) is 5.28. The maximum absolute atomic E-state index is 12.2. The molecule has 1 unspecified atom stereocenters. The van der Waals surface area contributed by atoms with Crippen LogP contribution in [0.1, 0.15) is 30.4 Å². The Morgan fingerprint density at radius 1 is 1.32 bits per heavy atom. The van der Waals surface area contributed by atoms with E-state index in [1.807, 2.05) is 19.9 Å². The molecule has 2 rings (SSSR count). The minimum Gasteiger partial charge on any atom is -0.351 e. The number of nitrogens with zero attached hydrogens (tertiary/aromatic N) is 3. The number of hydrogen-bond donors (Lipinski definition) is 2. The van der Waals surface area contributed by atoms with E-state index in [1.165, 1.54) is 12.3 Å². The van der Waals surface area contributed by atoms with Crippen molar-refractivity contribution in [1.29, 1.82) is 0 Å². The first kappa shape index (κ1) is 16.3. The summed E-state index contributed by atoms with van der Waals surface area (Å²) >= 11 is 0. The highest BCUT2D eigenvalue weighted by atomic mass is 19.4. The molecule has 0 saturated carbocycles. The number of anilines is 1. The molecule has 0 aliphatic heterocycles. The normalized spacial score (nSPS) is 13.1. The highest BCUT2D eigenvalue weighted by Gasteiger charge is 2.26. The number of H-pyrrole nitrogens is 1. The van der Waals surface area contributed by atoms with E-state index in [1.54, 1.807) is 0 Å². The minimum absolute atomic E-state index is 0.0144. The molecule has 2 aromatic heterocycles. The van der Waals surface area contributed by atoms with Crippen molar-refractivity contribution in [2.75, 3.05) is 5.32 Å². The number of aryl methyl sites for hydroxylation is 2. The van der Waals surface area contributed by atoms with E-state index >= 15 is 0 Å². The van der Waals surface area contributed by atoms with Gasteiger partial charge in [0.2, 0.25) is 5.95 Å². The van der Waals surface area contributed by atoms with E-state index in [0.717, 1.165) is 11.4 Å². The number of alkyl halides is 3. The molecule has 0 radical (unpaired) electrons. The van der Waals surface area contributed by atoms with Gasteiger partial charge in [-0.05, 0) is 32.4 Å². The molecule has 2 aromatic rings. The van der Waals surface area contributed by atoms with Crippen LogP contribution in [-0.4, -0.2) is 32.4 Å². The molecule has 8 heteroatoms. The van der Waals surface area contributed by atoms with Gasteiger partial charge in [0, 0.05) is 36.5 Å². The van der Waals surface area contributed by atoms with Crippen molar-refractivity contribution in [3.8, 4) is 0 Å². The molecule has 0 spiro atoms. The second-order valence-corrected chi connectivity index (χ2v) is 5.28. The van der Waals surface area contributed by atoms with Crippen LogP contribution in [0.4, 0.5) is 19.1 Å². The number of rotatable bonds is 6. The summed E-state index contributed by atoms with van der Waals surface area (Å²) in [5, 5.41) is 10.1. The van der Waals surface area contributed by atoms with Gasteiger partial charge in [-0.15, -0.1) is 0 Å². The fourth-order valence-corrected chi connectivity index (χ4v) is 2.04. The number of aromatic amines is 1. The van der Waals surface area contributed by atoms with Crippen LogP contribution >= 0.6 is 0 Å². The Kier molecular flexibility index (Phi) is 4.99. The molecule has 0 fully saturated rings. The number of nitrogens with one attached hydrogen (secondary N) is 2. The van der Waals surface area contributed by atoms with E-state index in [4.69, 9.17) is 0 Å². The van der Waals surface area contributed by atoms with Gasteiger partial charge in [0.1, 0.15) is 0 Å². The lowest BCUT2D eigenvalue weighted by Gasteiger charge is -2.13. The Morgan fingerprint density at radius 3 is 2.73 bits per heavy atom. The van der Waals surface area contributed by atoms with Crippen molar-refractivity contribution >= 4 is 5.95 Å². The van der Waals surface area contributed by atoms with E-state index in [2.05, 4.69) is 25.5 Å². The topological polar surface area (TPSA) is 66.5 Å². The van der Waals surface area contributed by atoms with Crippen molar-refractivity contribution in [1.82, 2.24) is 20.2 Å². The molecule has 0 aliphatic carbocycles. The van der Waals surface area contributed by atoms with Gasteiger partial charge >= 0.3 is 6.18 Å². The van der Waals surface area contributed by atoms with Gasteiger partial charge in [-0.2, -0.15) is 18.3 Å². The third-order valence-corrected chi connectivity index (χ3v) is 3.03. The van der Waals surface area contributed by atoms with E-state index in [9.17, 15) is 13.2 Å². The summed E-state index contributed by atoms with van der Waals surface area (Å²) in [6.07, 6.45) is -3.07. The monoisotopic (exact) mass is 313 g/mol. The lowest BCUT2D eigenvalue weighted by atomic mass is 10.2. The van der Waals surface area contributed by atoms with Crippen LogP contribution in [0.25, 0.3) is 0 Å². The summed E-state index contributed by atoms with van der Waals surface area (Å²) in [6, 6.07) is 3.46. The van der Waals surface area contributed by atoms with E-state index in [0.29, 0.717) is 18.1 Å². The molecule has 0 aromatic carbocycles. The van der Waals surface area contributed by atoms with Crippen molar-refractivity contribution in [2.45, 2.75) is 45.3 Å². The van der Waals surface area contributed by atoms with Gasteiger partial charge in [-0.1, -0.05) is 0 Å². The fraction of sp³-hybridized carbons (Fsp3) is 0.500. The Labute approximate surface area is 126 Å². The SMILES string of the molecule is Cc1cc(CC(C)Nc2nccc(CCC(F)(F)F)n2)n[nH]1. The Hall–Kier alpha value is -2.12. The lowest BCUT2D eigenvalue weighted by Crippen LogP contribution is -2.20. The lowest BCUT2D eigenvalue weighted by molar-refractivity contribution is -0.134. The molecule has 1 atom stereocenters. The highest BCUT2D eigenvalue weighted by Crippen LogP contribution is 2.21. The van der Waals surface area contributed by atoms with Gasteiger partial charge in [0.15, 0.2) is 0 Å². The number of aromatic nitrogens is 4. The molecule has 2 N–H and O–H groups in total. The highest BCUT2D eigenvalue weighted by molar-refractivity contribution is 5.27. The molecule has 0 bridgehead atoms. The van der Waals surface area contributed by atoms with Gasteiger partial charge in [0.25, 0.3) is 0 Å². The maximum Gasteiger partial charge on any atom is 0.389 e. The zero-order chi connectivity index (χ0) is 16.2. The molecular weight excluding hydrogens is 295 g/mol. The Bertz CT molecular complexity index is 609. The van der Waals surface area contributed by atoms with Crippen LogP contribution in [0.2, 0.25) is 0 Å². The van der Waals surface area contributed by atoms with Crippen LogP contribution in [0.5, 0.6) is 0 Å². The quantitative estimate of drug-likeness (QED) is 0.860. The first-order valence-electron chi connectivity index (χ1n) is 6.98.